The summed E-state index contributed by atoms with van der Waals surface area (Å²) in [5, 5.41) is 19.6. The first-order chi connectivity index (χ1) is 10.8. The number of carboxylic acids is 1. The number of carboxylic acid groups (broad SMARTS) is 1. The number of allylic oxidation sites excluding steroid dienone is 1. The highest BCUT2D eigenvalue weighted by Crippen LogP contribution is 2.37. The van der Waals surface area contributed by atoms with Gasteiger partial charge in [-0.3, -0.25) is 24.6 Å². The number of aliphatic carboxylic acids is 1. The molecule has 0 aliphatic carbocycles. The van der Waals surface area contributed by atoms with E-state index in [9.17, 15) is 19.7 Å². The van der Waals surface area contributed by atoms with Gasteiger partial charge < -0.3 is 5.11 Å². The van der Waals surface area contributed by atoms with Crippen LogP contribution >= 0.6 is 24.0 Å². The Labute approximate surface area is 141 Å². The van der Waals surface area contributed by atoms with Crippen LogP contribution in [0.4, 0.5) is 5.69 Å². The predicted molar refractivity (Wildman–Crippen MR) is 89.8 cm³/mol. The Bertz CT molecular complexity index is 744. The second-order valence-corrected chi connectivity index (χ2v) is 6.37. The Morgan fingerprint density at radius 3 is 2.78 bits per heavy atom. The number of carbonyl (C=O) groups excluding carboxylic acids is 1. The van der Waals surface area contributed by atoms with Gasteiger partial charge in [0.1, 0.15) is 4.32 Å². The van der Waals surface area contributed by atoms with Gasteiger partial charge in [-0.2, -0.15) is 0 Å². The number of carbonyl (C=O) groups is 2. The largest absolute Gasteiger partial charge is 0.481 e. The van der Waals surface area contributed by atoms with Gasteiger partial charge in [-0.05, 0) is 18.1 Å². The molecule has 0 unspecified atom stereocenters. The lowest BCUT2D eigenvalue weighted by Gasteiger charge is -2.12. The molecule has 1 N–H and O–H groups in total. The summed E-state index contributed by atoms with van der Waals surface area (Å²) in [5.74, 6) is -1.39. The number of nitro benzene ring substituents is 1. The van der Waals surface area contributed by atoms with Crippen LogP contribution in [-0.2, 0) is 9.59 Å². The van der Waals surface area contributed by atoms with Crippen molar-refractivity contribution >= 4 is 51.4 Å². The van der Waals surface area contributed by atoms with E-state index in [1.165, 1.54) is 17.0 Å². The van der Waals surface area contributed by atoms with Crippen molar-refractivity contribution in [1.29, 1.82) is 0 Å². The lowest BCUT2D eigenvalue weighted by Crippen LogP contribution is -2.30. The zero-order valence-corrected chi connectivity index (χ0v) is 13.6. The van der Waals surface area contributed by atoms with Gasteiger partial charge in [0.2, 0.25) is 0 Å². The molecule has 0 aromatic heterocycles. The first-order valence-corrected chi connectivity index (χ1v) is 7.75. The zero-order chi connectivity index (χ0) is 17.1. The van der Waals surface area contributed by atoms with Crippen LogP contribution in [0.1, 0.15) is 18.9 Å². The standard InChI is InChI=1S/C14H12N2O5S2/c1-8(9-3-2-4-10(7-9)16(20)21)12-13(19)15(14(22)23-12)6-5-11(17)18/h2-4,7H,5-6H2,1H3,(H,17,18)/b12-8+. The van der Waals surface area contributed by atoms with Crippen molar-refractivity contribution in [3.05, 3.63) is 44.8 Å². The number of thioether (sulfide) groups is 1. The quantitative estimate of drug-likeness (QED) is 0.376. The molecule has 0 radical (unpaired) electrons. The number of amides is 1. The summed E-state index contributed by atoms with van der Waals surface area (Å²) >= 11 is 6.19. The van der Waals surface area contributed by atoms with Crippen molar-refractivity contribution in [2.75, 3.05) is 6.54 Å². The second kappa shape index (κ2) is 6.88. The van der Waals surface area contributed by atoms with E-state index in [1.807, 2.05) is 0 Å². The SMILES string of the molecule is C/C(=C1\SC(=S)N(CCC(=O)O)C1=O)c1cccc([N+](=O)[O-])c1. The highest BCUT2D eigenvalue weighted by molar-refractivity contribution is 8.26. The number of hydrogen-bond acceptors (Lipinski definition) is 6. The third kappa shape index (κ3) is 3.74. The Hall–Kier alpha value is -2.26. The average Bonchev–Trinajstić information content (AvgIpc) is 2.79. The molecule has 9 heteroatoms. The van der Waals surface area contributed by atoms with Crippen molar-refractivity contribution in [2.24, 2.45) is 0 Å². The summed E-state index contributed by atoms with van der Waals surface area (Å²) in [6.45, 7) is 1.69. The molecule has 1 saturated heterocycles. The first-order valence-electron chi connectivity index (χ1n) is 6.52. The molecule has 1 heterocycles. The maximum Gasteiger partial charge on any atom is 0.305 e. The second-order valence-electron chi connectivity index (χ2n) is 4.73. The maximum absolute atomic E-state index is 12.4. The van der Waals surface area contributed by atoms with Gasteiger partial charge in [-0.15, -0.1) is 0 Å². The van der Waals surface area contributed by atoms with Crippen molar-refractivity contribution in [2.45, 2.75) is 13.3 Å². The average molecular weight is 352 g/mol. The molecule has 0 spiro atoms. The van der Waals surface area contributed by atoms with Gasteiger partial charge in [0.05, 0.1) is 16.2 Å². The molecule has 1 aromatic carbocycles. The van der Waals surface area contributed by atoms with Crippen LogP contribution in [0.5, 0.6) is 0 Å². The maximum atomic E-state index is 12.4. The Balaban J connectivity index is 2.32. The molecule has 1 aliphatic heterocycles. The van der Waals surface area contributed by atoms with Crippen LogP contribution in [0.15, 0.2) is 29.2 Å². The normalized spacial score (nSPS) is 16.7. The summed E-state index contributed by atoms with van der Waals surface area (Å²) in [5.41, 5.74) is 1.06. The van der Waals surface area contributed by atoms with E-state index >= 15 is 0 Å². The van der Waals surface area contributed by atoms with Crippen molar-refractivity contribution in [3.8, 4) is 0 Å². The van der Waals surface area contributed by atoms with Crippen molar-refractivity contribution in [3.63, 3.8) is 0 Å². The number of nitro groups is 1. The number of non-ortho nitro benzene ring substituents is 1. The molecule has 1 fully saturated rings. The third-order valence-electron chi connectivity index (χ3n) is 3.23. The van der Waals surface area contributed by atoms with Gasteiger partial charge in [0, 0.05) is 18.7 Å². The van der Waals surface area contributed by atoms with Crippen LogP contribution in [0, 0.1) is 10.1 Å². The van der Waals surface area contributed by atoms with E-state index in [0.717, 1.165) is 11.8 Å². The van der Waals surface area contributed by atoms with Gasteiger partial charge in [-0.25, -0.2) is 0 Å². The van der Waals surface area contributed by atoms with Gasteiger partial charge in [0.15, 0.2) is 0 Å². The minimum Gasteiger partial charge on any atom is -0.481 e. The zero-order valence-electron chi connectivity index (χ0n) is 12.0. The highest BCUT2D eigenvalue weighted by atomic mass is 32.2. The number of rotatable bonds is 5. The van der Waals surface area contributed by atoms with Crippen molar-refractivity contribution in [1.82, 2.24) is 4.90 Å². The summed E-state index contributed by atoms with van der Waals surface area (Å²) in [4.78, 5) is 35.0. The fourth-order valence-electron chi connectivity index (χ4n) is 2.01. The summed E-state index contributed by atoms with van der Waals surface area (Å²) < 4.78 is 0.288. The lowest BCUT2D eigenvalue weighted by atomic mass is 10.1. The monoisotopic (exact) mass is 352 g/mol. The van der Waals surface area contributed by atoms with Crippen LogP contribution in [0.2, 0.25) is 0 Å². The smallest absolute Gasteiger partial charge is 0.305 e. The van der Waals surface area contributed by atoms with E-state index in [4.69, 9.17) is 17.3 Å². The molecular formula is C14H12N2O5S2. The molecule has 0 saturated carbocycles. The van der Waals surface area contributed by atoms with E-state index in [1.54, 1.807) is 19.1 Å². The van der Waals surface area contributed by atoms with Crippen LogP contribution in [0.3, 0.4) is 0 Å². The molecule has 0 bridgehead atoms. The highest BCUT2D eigenvalue weighted by Gasteiger charge is 2.33. The van der Waals surface area contributed by atoms with Gasteiger partial charge in [-0.1, -0.05) is 36.1 Å². The Morgan fingerprint density at radius 1 is 1.48 bits per heavy atom. The molecule has 23 heavy (non-hydrogen) atoms. The summed E-state index contributed by atoms with van der Waals surface area (Å²) in [6.07, 6.45) is -0.199. The molecule has 1 aliphatic rings. The molecule has 120 valence electrons. The Morgan fingerprint density at radius 2 is 2.17 bits per heavy atom. The first kappa shape index (κ1) is 17.1. The van der Waals surface area contributed by atoms with E-state index < -0.39 is 10.9 Å². The number of thiocarbonyl (C=S) groups is 1. The molecule has 2 rings (SSSR count). The van der Waals surface area contributed by atoms with Gasteiger partial charge in [0.25, 0.3) is 11.6 Å². The van der Waals surface area contributed by atoms with Crippen LogP contribution in [-0.4, -0.2) is 37.7 Å². The number of benzene rings is 1. The van der Waals surface area contributed by atoms with E-state index in [0.29, 0.717) is 16.0 Å². The lowest BCUT2D eigenvalue weighted by molar-refractivity contribution is -0.384. The predicted octanol–water partition coefficient (Wildman–Crippen LogP) is 2.66. The van der Waals surface area contributed by atoms with Gasteiger partial charge >= 0.3 is 5.97 Å². The molecule has 7 nitrogen and oxygen atoms in total. The summed E-state index contributed by atoms with van der Waals surface area (Å²) in [7, 11) is 0. The minimum atomic E-state index is -1.02. The summed E-state index contributed by atoms with van der Waals surface area (Å²) in [6, 6.07) is 5.97. The molecule has 1 amide bonds. The molecule has 1 aromatic rings. The Kier molecular flexibility index (Phi) is 5.12. The molecule has 0 atom stereocenters. The number of hydrogen-bond donors (Lipinski definition) is 1. The third-order valence-corrected chi connectivity index (χ3v) is 4.78. The topological polar surface area (TPSA) is 101 Å². The molecular weight excluding hydrogens is 340 g/mol. The fraction of sp³-hybridized carbons (Fsp3) is 0.214. The fourth-order valence-corrected chi connectivity index (χ4v) is 3.36. The van der Waals surface area contributed by atoms with E-state index in [-0.39, 0.29) is 28.9 Å². The van der Waals surface area contributed by atoms with Crippen molar-refractivity contribution < 1.29 is 19.6 Å². The van der Waals surface area contributed by atoms with E-state index in [2.05, 4.69) is 0 Å². The minimum absolute atomic E-state index is 0.00567. The van der Waals surface area contributed by atoms with Crippen LogP contribution in [0.25, 0.3) is 5.57 Å². The number of nitrogens with zero attached hydrogens (tertiary/aromatic N) is 2. The van der Waals surface area contributed by atoms with Crippen LogP contribution < -0.4 is 0 Å².